The maximum absolute atomic E-state index is 12.5. The van der Waals surface area contributed by atoms with Gasteiger partial charge in [0.2, 0.25) is 0 Å². The Morgan fingerprint density at radius 3 is 2.48 bits per heavy atom. The van der Waals surface area contributed by atoms with E-state index in [0.717, 1.165) is 12.1 Å². The van der Waals surface area contributed by atoms with Gasteiger partial charge in [-0.1, -0.05) is 19.1 Å². The van der Waals surface area contributed by atoms with Crippen molar-refractivity contribution >= 4 is 27.5 Å². The van der Waals surface area contributed by atoms with Crippen molar-refractivity contribution < 1.29 is 4.79 Å². The van der Waals surface area contributed by atoms with Crippen LogP contribution < -0.4 is 5.32 Å². The number of benzene rings is 1. The summed E-state index contributed by atoms with van der Waals surface area (Å²) in [7, 11) is 0. The van der Waals surface area contributed by atoms with Crippen LogP contribution in [-0.2, 0) is 6.42 Å². The molecule has 0 radical (unpaired) electrons. The first-order chi connectivity index (χ1) is 11.2. The maximum Gasteiger partial charge on any atom is 0.275 e. The van der Waals surface area contributed by atoms with Crippen molar-refractivity contribution in [3.05, 3.63) is 64.8 Å². The first-order valence-electron chi connectivity index (χ1n) is 7.09. The third-order valence-corrected chi connectivity index (χ3v) is 3.99. The molecule has 2 heterocycles. The van der Waals surface area contributed by atoms with E-state index in [1.807, 2.05) is 24.3 Å². The quantitative estimate of drug-likeness (QED) is 0.763. The highest BCUT2D eigenvalue weighted by atomic mass is 79.9. The second-order valence-corrected chi connectivity index (χ2v) is 5.73. The molecular weight excluding hydrogens is 358 g/mol. The molecular formula is C16H14BrN5O. The van der Waals surface area contributed by atoms with Crippen LogP contribution in [0.1, 0.15) is 23.0 Å². The summed E-state index contributed by atoms with van der Waals surface area (Å²) in [6.45, 7) is 2.09. The van der Waals surface area contributed by atoms with E-state index in [1.54, 1.807) is 16.7 Å². The summed E-state index contributed by atoms with van der Waals surface area (Å²) in [6, 6.07) is 11.3. The zero-order chi connectivity index (χ0) is 16.2. The lowest BCUT2D eigenvalue weighted by molar-refractivity contribution is 0.102. The van der Waals surface area contributed by atoms with Gasteiger partial charge in [-0.2, -0.15) is 0 Å². The fraction of sp³-hybridized carbons (Fsp3) is 0.125. The van der Waals surface area contributed by atoms with Gasteiger partial charge in [0, 0.05) is 10.2 Å². The monoisotopic (exact) mass is 371 g/mol. The van der Waals surface area contributed by atoms with Crippen LogP contribution in [0.3, 0.4) is 0 Å². The molecule has 0 spiro atoms. The normalized spacial score (nSPS) is 10.5. The number of rotatable bonds is 4. The Morgan fingerprint density at radius 2 is 1.83 bits per heavy atom. The maximum atomic E-state index is 12.5. The molecule has 2 aromatic heterocycles. The lowest BCUT2D eigenvalue weighted by Crippen LogP contribution is -2.15. The minimum Gasteiger partial charge on any atom is -0.321 e. The lowest BCUT2D eigenvalue weighted by Gasteiger charge is -2.09. The molecule has 0 atom stereocenters. The third-order valence-electron chi connectivity index (χ3n) is 3.35. The van der Waals surface area contributed by atoms with Gasteiger partial charge in [-0.25, -0.2) is 4.98 Å². The molecule has 23 heavy (non-hydrogen) atoms. The molecule has 6 nitrogen and oxygen atoms in total. The number of nitrogens with zero attached hydrogens (tertiary/aromatic N) is 4. The van der Waals surface area contributed by atoms with Gasteiger partial charge in [-0.05, 0) is 52.2 Å². The highest BCUT2D eigenvalue weighted by Gasteiger charge is 2.14. The Hall–Kier alpha value is -2.54. The summed E-state index contributed by atoms with van der Waals surface area (Å²) in [6.07, 6.45) is 4.02. The number of hydrogen-bond donors (Lipinski definition) is 1. The molecule has 0 unspecified atom stereocenters. The molecule has 0 aliphatic heterocycles. The molecule has 0 saturated heterocycles. The second kappa shape index (κ2) is 6.70. The van der Waals surface area contributed by atoms with E-state index in [2.05, 4.69) is 43.4 Å². The number of aryl methyl sites for hydroxylation is 1. The fourth-order valence-electron chi connectivity index (χ4n) is 2.07. The first-order valence-corrected chi connectivity index (χ1v) is 7.88. The number of aromatic nitrogens is 4. The molecule has 1 N–H and O–H groups in total. The smallest absolute Gasteiger partial charge is 0.275 e. The molecule has 0 fully saturated rings. The largest absolute Gasteiger partial charge is 0.321 e. The predicted octanol–water partition coefficient (Wildman–Crippen LogP) is 3.24. The summed E-state index contributed by atoms with van der Waals surface area (Å²) in [5, 5.41) is 10.3. The van der Waals surface area contributed by atoms with E-state index < -0.39 is 0 Å². The van der Waals surface area contributed by atoms with Crippen LogP contribution in [0.15, 0.2) is 53.5 Å². The summed E-state index contributed by atoms with van der Waals surface area (Å²) < 4.78 is 2.26. The second-order valence-electron chi connectivity index (χ2n) is 4.87. The Labute approximate surface area is 141 Å². The molecule has 116 valence electrons. The van der Waals surface area contributed by atoms with Crippen LogP contribution in [0.2, 0.25) is 0 Å². The van der Waals surface area contributed by atoms with E-state index >= 15 is 0 Å². The Balaban J connectivity index is 1.85. The van der Waals surface area contributed by atoms with Crippen LogP contribution >= 0.6 is 15.9 Å². The van der Waals surface area contributed by atoms with Gasteiger partial charge in [0.05, 0.1) is 0 Å². The standard InChI is InChI=1S/C16H14BrN5O/c1-2-11-3-5-12(6-4-11)20-16(23)15-13(17)7-8-14(21-15)22-9-18-19-10-22/h3-10H,2H2,1H3,(H,20,23). The number of halogens is 1. The topological polar surface area (TPSA) is 72.7 Å². The molecule has 0 aliphatic carbocycles. The first kappa shape index (κ1) is 15.4. The van der Waals surface area contributed by atoms with Gasteiger partial charge in [-0.15, -0.1) is 10.2 Å². The summed E-state index contributed by atoms with van der Waals surface area (Å²) >= 11 is 3.37. The van der Waals surface area contributed by atoms with Crippen molar-refractivity contribution in [1.29, 1.82) is 0 Å². The van der Waals surface area contributed by atoms with Crippen molar-refractivity contribution in [3.63, 3.8) is 0 Å². The molecule has 1 amide bonds. The summed E-state index contributed by atoms with van der Waals surface area (Å²) in [5.74, 6) is 0.292. The predicted molar refractivity (Wildman–Crippen MR) is 90.6 cm³/mol. The fourth-order valence-corrected chi connectivity index (χ4v) is 2.47. The highest BCUT2D eigenvalue weighted by Crippen LogP contribution is 2.19. The number of amides is 1. The van der Waals surface area contributed by atoms with Crippen molar-refractivity contribution in [2.45, 2.75) is 13.3 Å². The number of carbonyl (C=O) groups excluding carboxylic acids is 1. The lowest BCUT2D eigenvalue weighted by atomic mass is 10.1. The average molecular weight is 372 g/mol. The Bertz CT molecular complexity index is 815. The zero-order valence-corrected chi connectivity index (χ0v) is 14.0. The minimum absolute atomic E-state index is 0.281. The summed E-state index contributed by atoms with van der Waals surface area (Å²) in [5.41, 5.74) is 2.25. The van der Waals surface area contributed by atoms with E-state index in [0.29, 0.717) is 16.0 Å². The van der Waals surface area contributed by atoms with E-state index in [9.17, 15) is 4.79 Å². The van der Waals surface area contributed by atoms with Crippen LogP contribution in [0.4, 0.5) is 5.69 Å². The number of nitrogens with one attached hydrogen (secondary N) is 1. The molecule has 3 aromatic rings. The van der Waals surface area contributed by atoms with Crippen molar-refractivity contribution in [2.75, 3.05) is 5.32 Å². The van der Waals surface area contributed by atoms with Crippen molar-refractivity contribution in [2.24, 2.45) is 0 Å². The Morgan fingerprint density at radius 1 is 1.13 bits per heavy atom. The van der Waals surface area contributed by atoms with E-state index in [1.165, 1.54) is 18.2 Å². The van der Waals surface area contributed by atoms with Gasteiger partial charge < -0.3 is 5.32 Å². The highest BCUT2D eigenvalue weighted by molar-refractivity contribution is 9.10. The van der Waals surface area contributed by atoms with Crippen LogP contribution in [0.25, 0.3) is 5.82 Å². The van der Waals surface area contributed by atoms with Gasteiger partial charge in [-0.3, -0.25) is 9.36 Å². The molecule has 0 saturated carbocycles. The number of anilines is 1. The van der Waals surface area contributed by atoms with Crippen molar-refractivity contribution in [1.82, 2.24) is 19.7 Å². The van der Waals surface area contributed by atoms with E-state index in [-0.39, 0.29) is 5.91 Å². The zero-order valence-electron chi connectivity index (χ0n) is 12.4. The van der Waals surface area contributed by atoms with Crippen LogP contribution in [0, 0.1) is 0 Å². The van der Waals surface area contributed by atoms with Gasteiger partial charge in [0.1, 0.15) is 24.2 Å². The molecule has 7 heteroatoms. The van der Waals surface area contributed by atoms with Gasteiger partial charge >= 0.3 is 0 Å². The number of carbonyl (C=O) groups is 1. The van der Waals surface area contributed by atoms with Crippen molar-refractivity contribution in [3.8, 4) is 5.82 Å². The van der Waals surface area contributed by atoms with Gasteiger partial charge in [0.25, 0.3) is 5.91 Å². The molecule has 0 bridgehead atoms. The molecule has 1 aromatic carbocycles. The average Bonchev–Trinajstić information content (AvgIpc) is 3.10. The minimum atomic E-state index is -0.281. The van der Waals surface area contributed by atoms with Gasteiger partial charge in [0.15, 0.2) is 0 Å². The number of hydrogen-bond acceptors (Lipinski definition) is 4. The summed E-state index contributed by atoms with van der Waals surface area (Å²) in [4.78, 5) is 16.8. The van der Waals surface area contributed by atoms with Crippen LogP contribution in [0.5, 0.6) is 0 Å². The molecule has 3 rings (SSSR count). The van der Waals surface area contributed by atoms with E-state index in [4.69, 9.17) is 0 Å². The van der Waals surface area contributed by atoms with Crippen LogP contribution in [-0.4, -0.2) is 25.7 Å². The number of pyridine rings is 1. The third kappa shape index (κ3) is 3.45. The SMILES string of the molecule is CCc1ccc(NC(=O)c2nc(-n3cnnc3)ccc2Br)cc1. The molecule has 0 aliphatic rings. The Kier molecular flexibility index (Phi) is 4.47.